The van der Waals surface area contributed by atoms with Crippen LogP contribution in [0.15, 0.2) is 0 Å². The third-order valence-corrected chi connectivity index (χ3v) is 8.66. The number of carboxylic acids is 1. The van der Waals surface area contributed by atoms with Crippen LogP contribution in [0.3, 0.4) is 0 Å². The maximum absolute atomic E-state index is 11.6. The van der Waals surface area contributed by atoms with Crippen molar-refractivity contribution in [3.05, 3.63) is 0 Å². The molecule has 0 aliphatic heterocycles. The van der Waals surface area contributed by atoms with Gasteiger partial charge in [-0.05, 0) is 12.8 Å². The highest BCUT2D eigenvalue weighted by molar-refractivity contribution is 5.69. The minimum atomic E-state index is -0.558. The lowest BCUT2D eigenvalue weighted by Gasteiger charge is -2.12. The Morgan fingerprint density at radius 3 is 0.737 bits per heavy atom. The summed E-state index contributed by atoms with van der Waals surface area (Å²) in [6, 6.07) is 0. The Labute approximate surface area is 240 Å². The largest absolute Gasteiger partial charge is 0.481 e. The fourth-order valence-electron chi connectivity index (χ4n) is 5.92. The van der Waals surface area contributed by atoms with Gasteiger partial charge in [-0.3, -0.25) is 4.79 Å². The third kappa shape index (κ3) is 30.0. The zero-order valence-corrected chi connectivity index (χ0v) is 26.6. The molecule has 0 aliphatic rings. The second-order valence-electron chi connectivity index (χ2n) is 12.5. The normalized spacial score (nSPS) is 12.3. The van der Waals surface area contributed by atoms with E-state index in [0.29, 0.717) is 0 Å². The summed E-state index contributed by atoms with van der Waals surface area (Å²) in [6.45, 7) is 4.56. The first-order chi connectivity index (χ1) is 18.7. The molecule has 38 heavy (non-hydrogen) atoms. The van der Waals surface area contributed by atoms with Gasteiger partial charge in [0, 0.05) is 0 Å². The van der Waals surface area contributed by atoms with E-state index in [9.17, 15) is 9.90 Å². The van der Waals surface area contributed by atoms with Crippen LogP contribution < -0.4 is 0 Å². The van der Waals surface area contributed by atoms with Crippen molar-refractivity contribution in [2.75, 3.05) is 0 Å². The first-order valence-corrected chi connectivity index (χ1v) is 17.9. The van der Waals surface area contributed by atoms with Crippen molar-refractivity contribution >= 4 is 5.97 Å². The van der Waals surface area contributed by atoms with Crippen LogP contribution in [0.1, 0.15) is 219 Å². The highest BCUT2D eigenvalue weighted by atomic mass is 16.4. The van der Waals surface area contributed by atoms with E-state index < -0.39 is 5.97 Å². The van der Waals surface area contributed by atoms with Crippen LogP contribution in [0.5, 0.6) is 0 Å². The topological polar surface area (TPSA) is 37.3 Å². The van der Waals surface area contributed by atoms with Crippen LogP contribution >= 0.6 is 0 Å². The van der Waals surface area contributed by atoms with Crippen LogP contribution in [-0.2, 0) is 4.79 Å². The summed E-state index contributed by atoms with van der Waals surface area (Å²) in [5.41, 5.74) is 0. The molecule has 0 rings (SSSR count). The number of unbranched alkanes of at least 4 members (excludes halogenated alkanes) is 28. The number of carboxylic acid groups (broad SMARTS) is 1. The van der Waals surface area contributed by atoms with E-state index in [1.165, 1.54) is 180 Å². The van der Waals surface area contributed by atoms with Gasteiger partial charge in [0.05, 0.1) is 5.92 Å². The predicted molar refractivity (Wildman–Crippen MR) is 170 cm³/mol. The predicted octanol–water partition coefficient (Wildman–Crippen LogP) is 13.2. The number of hydrogen-bond acceptors (Lipinski definition) is 1. The molecule has 0 aliphatic carbocycles. The Morgan fingerprint density at radius 1 is 0.368 bits per heavy atom. The number of aliphatic carboxylic acids is 1. The molecule has 0 heterocycles. The number of rotatable bonds is 33. The number of carbonyl (C=O) groups is 1. The van der Waals surface area contributed by atoms with Crippen LogP contribution in [0.2, 0.25) is 0 Å². The van der Waals surface area contributed by atoms with Gasteiger partial charge in [0.1, 0.15) is 0 Å². The minimum absolute atomic E-state index is 0.0973. The van der Waals surface area contributed by atoms with Gasteiger partial charge in [0.15, 0.2) is 0 Å². The zero-order chi connectivity index (χ0) is 27.8. The van der Waals surface area contributed by atoms with Crippen molar-refractivity contribution in [1.29, 1.82) is 0 Å². The Kier molecular flexibility index (Phi) is 32.2. The lowest BCUT2D eigenvalue weighted by atomic mass is 9.94. The monoisotopic (exact) mass is 537 g/mol. The van der Waals surface area contributed by atoms with Crippen molar-refractivity contribution in [3.63, 3.8) is 0 Å². The Morgan fingerprint density at radius 2 is 0.553 bits per heavy atom. The molecule has 0 saturated carbocycles. The van der Waals surface area contributed by atoms with Crippen molar-refractivity contribution in [3.8, 4) is 0 Å². The second-order valence-corrected chi connectivity index (χ2v) is 12.5. The van der Waals surface area contributed by atoms with E-state index in [4.69, 9.17) is 0 Å². The standard InChI is InChI=1S/C36H72O2/c1-3-5-7-9-11-13-14-15-16-17-18-19-20-21-22-23-24-26-28-30-32-34-35(36(37)38)33-31-29-27-25-12-10-8-6-4-2/h35H,3-34H2,1-2H3,(H,37,38). The maximum atomic E-state index is 11.6. The van der Waals surface area contributed by atoms with Crippen LogP contribution in [0.25, 0.3) is 0 Å². The molecular weight excluding hydrogens is 464 g/mol. The summed E-state index contributed by atoms with van der Waals surface area (Å²) in [7, 11) is 0. The van der Waals surface area contributed by atoms with Crippen molar-refractivity contribution in [1.82, 2.24) is 0 Å². The van der Waals surface area contributed by atoms with Gasteiger partial charge in [-0.2, -0.15) is 0 Å². The minimum Gasteiger partial charge on any atom is -0.481 e. The highest BCUT2D eigenvalue weighted by Gasteiger charge is 2.16. The number of hydrogen-bond donors (Lipinski definition) is 1. The Balaban J connectivity index is 3.32. The van der Waals surface area contributed by atoms with Gasteiger partial charge in [-0.15, -0.1) is 0 Å². The molecule has 0 spiro atoms. The quantitative estimate of drug-likeness (QED) is 0.0847. The van der Waals surface area contributed by atoms with Gasteiger partial charge < -0.3 is 5.11 Å². The summed E-state index contributed by atoms with van der Waals surface area (Å²) >= 11 is 0. The molecule has 0 fully saturated rings. The molecule has 2 heteroatoms. The van der Waals surface area contributed by atoms with E-state index in [-0.39, 0.29) is 5.92 Å². The van der Waals surface area contributed by atoms with E-state index in [2.05, 4.69) is 13.8 Å². The molecule has 1 N–H and O–H groups in total. The lowest BCUT2D eigenvalue weighted by molar-refractivity contribution is -0.142. The first-order valence-electron chi connectivity index (χ1n) is 17.9. The molecule has 1 atom stereocenters. The summed E-state index contributed by atoms with van der Waals surface area (Å²) in [5, 5.41) is 9.56. The molecule has 0 bridgehead atoms. The highest BCUT2D eigenvalue weighted by Crippen LogP contribution is 2.20. The molecule has 0 radical (unpaired) electrons. The average molecular weight is 537 g/mol. The van der Waals surface area contributed by atoms with Gasteiger partial charge in [0.2, 0.25) is 0 Å². The van der Waals surface area contributed by atoms with Crippen LogP contribution in [-0.4, -0.2) is 11.1 Å². The molecule has 0 amide bonds. The zero-order valence-electron chi connectivity index (χ0n) is 26.6. The fraction of sp³-hybridized carbons (Fsp3) is 0.972. The van der Waals surface area contributed by atoms with E-state index in [1.807, 2.05) is 0 Å². The van der Waals surface area contributed by atoms with Crippen LogP contribution in [0, 0.1) is 5.92 Å². The maximum Gasteiger partial charge on any atom is 0.306 e. The Bertz CT molecular complexity index is 447. The molecular formula is C36H72O2. The average Bonchev–Trinajstić information content (AvgIpc) is 2.91. The summed E-state index contributed by atoms with van der Waals surface area (Å²) in [6.07, 6.45) is 42.9. The lowest BCUT2D eigenvalue weighted by Crippen LogP contribution is -2.13. The molecule has 0 aromatic carbocycles. The molecule has 228 valence electrons. The second kappa shape index (κ2) is 32.7. The van der Waals surface area contributed by atoms with Gasteiger partial charge in [-0.1, -0.05) is 206 Å². The first kappa shape index (κ1) is 37.5. The third-order valence-electron chi connectivity index (χ3n) is 8.66. The summed E-state index contributed by atoms with van der Waals surface area (Å²) < 4.78 is 0. The van der Waals surface area contributed by atoms with Crippen LogP contribution in [0.4, 0.5) is 0 Å². The molecule has 1 unspecified atom stereocenters. The van der Waals surface area contributed by atoms with Gasteiger partial charge in [-0.25, -0.2) is 0 Å². The summed E-state index contributed by atoms with van der Waals surface area (Å²) in [4.78, 5) is 11.6. The van der Waals surface area contributed by atoms with Crippen molar-refractivity contribution in [2.24, 2.45) is 5.92 Å². The SMILES string of the molecule is CCCCCCCCCCCCCCCCCCCCCCCC(CCCCCCCCCCC)C(=O)O. The molecule has 0 aromatic rings. The van der Waals surface area contributed by atoms with E-state index >= 15 is 0 Å². The summed E-state index contributed by atoms with van der Waals surface area (Å²) in [5.74, 6) is -0.655. The molecule has 0 aromatic heterocycles. The van der Waals surface area contributed by atoms with Crippen molar-refractivity contribution < 1.29 is 9.90 Å². The van der Waals surface area contributed by atoms with E-state index in [1.54, 1.807) is 0 Å². The fourth-order valence-corrected chi connectivity index (χ4v) is 5.92. The van der Waals surface area contributed by atoms with E-state index in [0.717, 1.165) is 25.7 Å². The van der Waals surface area contributed by atoms with Gasteiger partial charge in [0.25, 0.3) is 0 Å². The molecule has 0 saturated heterocycles. The van der Waals surface area contributed by atoms with Gasteiger partial charge >= 0.3 is 5.97 Å². The van der Waals surface area contributed by atoms with Crippen molar-refractivity contribution in [2.45, 2.75) is 219 Å². The smallest absolute Gasteiger partial charge is 0.306 e. The molecule has 2 nitrogen and oxygen atoms in total. The Hall–Kier alpha value is -0.530.